The molecule has 0 saturated carbocycles. The molecule has 0 amide bonds. The second-order valence-corrected chi connectivity index (χ2v) is 3.53. The fourth-order valence-corrected chi connectivity index (χ4v) is 1.69. The van der Waals surface area contributed by atoms with E-state index < -0.39 is 0 Å². The van der Waals surface area contributed by atoms with E-state index in [0.29, 0.717) is 13.0 Å². The Balaban J connectivity index is 2.07. The number of phenols is 1. The lowest BCUT2D eigenvalue weighted by Gasteiger charge is -2.05. The van der Waals surface area contributed by atoms with E-state index in [4.69, 9.17) is 4.74 Å². The van der Waals surface area contributed by atoms with Crippen LogP contribution < -0.4 is 0 Å². The quantitative estimate of drug-likeness (QED) is 0.722. The molecule has 1 atom stereocenters. The Labute approximate surface area is 82.3 Å². The van der Waals surface area contributed by atoms with Gasteiger partial charge in [-0.25, -0.2) is 0 Å². The van der Waals surface area contributed by atoms with Crippen molar-refractivity contribution in [2.45, 2.75) is 12.8 Å². The predicted octanol–water partition coefficient (Wildman–Crippen LogP) is 1.50. The molecule has 0 aromatic heterocycles. The monoisotopic (exact) mass is 192 g/mol. The van der Waals surface area contributed by atoms with Crippen molar-refractivity contribution < 1.29 is 14.6 Å². The predicted molar refractivity (Wildman–Crippen MR) is 50.9 cm³/mol. The van der Waals surface area contributed by atoms with E-state index in [9.17, 15) is 9.90 Å². The molecular weight excluding hydrogens is 180 g/mol. The van der Waals surface area contributed by atoms with Crippen LogP contribution in [0, 0.1) is 5.92 Å². The van der Waals surface area contributed by atoms with Gasteiger partial charge in [-0.2, -0.15) is 0 Å². The lowest BCUT2D eigenvalue weighted by molar-refractivity contribution is -0.141. The van der Waals surface area contributed by atoms with Crippen LogP contribution in [0.4, 0.5) is 0 Å². The standard InChI is InChI=1S/C11H12O3/c12-10-3-1-2-8(7-10)6-9-4-5-14-11(9)13/h1-3,7,9,12H,4-6H2. The number of ether oxygens (including phenoxy) is 1. The molecule has 74 valence electrons. The molecule has 0 spiro atoms. The van der Waals surface area contributed by atoms with E-state index >= 15 is 0 Å². The van der Waals surface area contributed by atoms with E-state index in [1.165, 1.54) is 0 Å². The normalized spacial score (nSPS) is 20.9. The first-order valence-electron chi connectivity index (χ1n) is 4.70. The Kier molecular flexibility index (Phi) is 2.39. The number of phenolic OH excluding ortho intramolecular Hbond substituents is 1. The van der Waals surface area contributed by atoms with Crippen LogP contribution in [-0.4, -0.2) is 17.7 Å². The molecule has 3 nitrogen and oxygen atoms in total. The second kappa shape index (κ2) is 3.70. The lowest BCUT2D eigenvalue weighted by atomic mass is 9.98. The highest BCUT2D eigenvalue weighted by Crippen LogP contribution is 2.21. The average molecular weight is 192 g/mol. The maximum Gasteiger partial charge on any atom is 0.309 e. The first-order chi connectivity index (χ1) is 6.75. The van der Waals surface area contributed by atoms with Gasteiger partial charge in [-0.05, 0) is 30.5 Å². The summed E-state index contributed by atoms with van der Waals surface area (Å²) < 4.78 is 4.87. The fraction of sp³-hybridized carbons (Fsp3) is 0.364. The average Bonchev–Trinajstić information content (AvgIpc) is 2.52. The Hall–Kier alpha value is -1.51. The number of cyclic esters (lactones) is 1. The van der Waals surface area contributed by atoms with Crippen LogP contribution in [0.3, 0.4) is 0 Å². The smallest absolute Gasteiger partial charge is 0.309 e. The minimum atomic E-state index is -0.117. The maximum absolute atomic E-state index is 11.2. The molecule has 0 aliphatic carbocycles. The van der Waals surface area contributed by atoms with Gasteiger partial charge in [0.2, 0.25) is 0 Å². The molecule has 1 aliphatic rings. The first-order valence-corrected chi connectivity index (χ1v) is 4.70. The summed E-state index contributed by atoms with van der Waals surface area (Å²) in [5.74, 6) is 0.0963. The molecule has 1 aliphatic heterocycles. The Bertz CT molecular complexity index is 346. The number of benzene rings is 1. The molecule has 1 heterocycles. The van der Waals surface area contributed by atoms with Crippen molar-refractivity contribution in [1.82, 2.24) is 0 Å². The molecule has 3 heteroatoms. The van der Waals surface area contributed by atoms with E-state index in [-0.39, 0.29) is 17.6 Å². The van der Waals surface area contributed by atoms with Gasteiger partial charge in [0.15, 0.2) is 0 Å². The molecule has 0 bridgehead atoms. The SMILES string of the molecule is O=C1OCCC1Cc1cccc(O)c1. The summed E-state index contributed by atoms with van der Waals surface area (Å²) in [4.78, 5) is 11.2. The van der Waals surface area contributed by atoms with Crippen molar-refractivity contribution in [3.63, 3.8) is 0 Å². The van der Waals surface area contributed by atoms with Gasteiger partial charge in [-0.3, -0.25) is 4.79 Å². The van der Waals surface area contributed by atoms with Gasteiger partial charge in [0, 0.05) is 0 Å². The third kappa shape index (κ3) is 1.87. The number of aromatic hydroxyl groups is 1. The number of rotatable bonds is 2. The third-order valence-corrected chi connectivity index (χ3v) is 2.44. The van der Waals surface area contributed by atoms with Crippen molar-refractivity contribution in [1.29, 1.82) is 0 Å². The molecule has 2 rings (SSSR count). The van der Waals surface area contributed by atoms with Crippen LogP contribution >= 0.6 is 0 Å². The van der Waals surface area contributed by atoms with Crippen LogP contribution in [0.1, 0.15) is 12.0 Å². The molecular formula is C11H12O3. The Morgan fingerprint density at radius 3 is 3.00 bits per heavy atom. The van der Waals surface area contributed by atoms with Gasteiger partial charge in [0.1, 0.15) is 5.75 Å². The second-order valence-electron chi connectivity index (χ2n) is 3.53. The Morgan fingerprint density at radius 2 is 2.36 bits per heavy atom. The molecule has 14 heavy (non-hydrogen) atoms. The van der Waals surface area contributed by atoms with E-state index in [2.05, 4.69) is 0 Å². The van der Waals surface area contributed by atoms with Crippen molar-refractivity contribution >= 4 is 5.97 Å². The highest BCUT2D eigenvalue weighted by molar-refractivity contribution is 5.74. The van der Waals surface area contributed by atoms with Crippen LogP contribution in [0.2, 0.25) is 0 Å². The Morgan fingerprint density at radius 1 is 1.50 bits per heavy atom. The number of hydrogen-bond donors (Lipinski definition) is 1. The van der Waals surface area contributed by atoms with Gasteiger partial charge in [0.25, 0.3) is 0 Å². The summed E-state index contributed by atoms with van der Waals surface area (Å²) in [5, 5.41) is 9.24. The summed E-state index contributed by atoms with van der Waals surface area (Å²) in [5.41, 5.74) is 0.980. The zero-order chi connectivity index (χ0) is 9.97. The zero-order valence-electron chi connectivity index (χ0n) is 7.77. The number of carbonyl (C=O) groups is 1. The lowest BCUT2D eigenvalue weighted by Crippen LogP contribution is -2.10. The van der Waals surface area contributed by atoms with Gasteiger partial charge in [-0.1, -0.05) is 12.1 Å². The number of esters is 1. The maximum atomic E-state index is 11.2. The number of carbonyl (C=O) groups excluding carboxylic acids is 1. The van der Waals surface area contributed by atoms with Crippen molar-refractivity contribution in [2.75, 3.05) is 6.61 Å². The highest BCUT2D eigenvalue weighted by atomic mass is 16.5. The molecule has 1 N–H and O–H groups in total. The molecule has 1 fully saturated rings. The van der Waals surface area contributed by atoms with Crippen molar-refractivity contribution in [2.24, 2.45) is 5.92 Å². The summed E-state index contributed by atoms with van der Waals surface area (Å²) >= 11 is 0. The van der Waals surface area contributed by atoms with E-state index in [0.717, 1.165) is 12.0 Å². The summed E-state index contributed by atoms with van der Waals surface area (Å²) in [6, 6.07) is 7.00. The van der Waals surface area contributed by atoms with Gasteiger partial charge in [-0.15, -0.1) is 0 Å². The van der Waals surface area contributed by atoms with E-state index in [1.54, 1.807) is 18.2 Å². The zero-order valence-corrected chi connectivity index (χ0v) is 7.77. The summed E-state index contributed by atoms with van der Waals surface area (Å²) in [6.07, 6.45) is 1.45. The number of hydrogen-bond acceptors (Lipinski definition) is 3. The summed E-state index contributed by atoms with van der Waals surface area (Å²) in [6.45, 7) is 0.530. The minimum Gasteiger partial charge on any atom is -0.508 e. The van der Waals surface area contributed by atoms with E-state index in [1.807, 2.05) is 6.07 Å². The summed E-state index contributed by atoms with van der Waals surface area (Å²) in [7, 11) is 0. The third-order valence-electron chi connectivity index (χ3n) is 2.44. The molecule has 0 radical (unpaired) electrons. The topological polar surface area (TPSA) is 46.5 Å². The first kappa shape index (κ1) is 9.06. The molecule has 1 aromatic rings. The van der Waals surface area contributed by atoms with Gasteiger partial charge in [0.05, 0.1) is 12.5 Å². The van der Waals surface area contributed by atoms with Gasteiger partial charge < -0.3 is 9.84 Å². The van der Waals surface area contributed by atoms with Crippen molar-refractivity contribution in [3.8, 4) is 5.75 Å². The highest BCUT2D eigenvalue weighted by Gasteiger charge is 2.26. The van der Waals surface area contributed by atoms with Gasteiger partial charge >= 0.3 is 5.97 Å². The minimum absolute atomic E-state index is 0.0307. The van der Waals surface area contributed by atoms with Crippen LogP contribution in [0.25, 0.3) is 0 Å². The molecule has 1 unspecified atom stereocenters. The van der Waals surface area contributed by atoms with Crippen molar-refractivity contribution in [3.05, 3.63) is 29.8 Å². The largest absolute Gasteiger partial charge is 0.508 e. The van der Waals surface area contributed by atoms with Crippen LogP contribution in [-0.2, 0) is 16.0 Å². The van der Waals surface area contributed by atoms with Crippen LogP contribution in [0.15, 0.2) is 24.3 Å². The fourth-order valence-electron chi connectivity index (χ4n) is 1.69. The molecule has 1 saturated heterocycles. The molecule has 1 aromatic carbocycles. The van der Waals surface area contributed by atoms with Crippen LogP contribution in [0.5, 0.6) is 5.75 Å².